The Kier molecular flexibility index (Phi) is 4.04. The Balaban J connectivity index is 2.14. The molecule has 1 aromatic heterocycles. The molecule has 0 spiro atoms. The van der Waals surface area contributed by atoms with Gasteiger partial charge in [0.15, 0.2) is 0 Å². The molecule has 0 unspecified atom stereocenters. The van der Waals surface area contributed by atoms with Crippen LogP contribution in [0.4, 0.5) is 5.69 Å². The Labute approximate surface area is 109 Å². The zero-order chi connectivity index (χ0) is 13.7. The third-order valence-electron chi connectivity index (χ3n) is 2.53. The van der Waals surface area contributed by atoms with Crippen LogP contribution in [0.5, 0.6) is 5.75 Å². The molecule has 0 radical (unpaired) electrons. The lowest BCUT2D eigenvalue weighted by molar-refractivity contribution is -0.385. The third kappa shape index (κ3) is 3.26. The van der Waals surface area contributed by atoms with Gasteiger partial charge in [0.1, 0.15) is 12.4 Å². The van der Waals surface area contributed by atoms with Gasteiger partial charge in [0, 0.05) is 23.9 Å². The van der Waals surface area contributed by atoms with Crippen molar-refractivity contribution in [3.8, 4) is 5.75 Å². The van der Waals surface area contributed by atoms with Crippen molar-refractivity contribution in [3.63, 3.8) is 0 Å². The molecule has 0 amide bonds. The average molecular weight is 260 g/mol. The van der Waals surface area contributed by atoms with Crippen LogP contribution in [-0.4, -0.2) is 15.0 Å². The van der Waals surface area contributed by atoms with E-state index in [0.717, 1.165) is 5.69 Å². The molecule has 2 rings (SSSR count). The largest absolute Gasteiger partial charge is 0.487 e. The highest BCUT2D eigenvalue weighted by Gasteiger charge is 2.11. The summed E-state index contributed by atoms with van der Waals surface area (Å²) in [5.41, 5.74) is 1.05. The lowest BCUT2D eigenvalue weighted by atomic mass is 10.2. The number of benzene rings is 1. The summed E-state index contributed by atoms with van der Waals surface area (Å²) in [6.07, 6.45) is 1.65. The fourth-order valence-corrected chi connectivity index (χ4v) is 1.58. The van der Waals surface area contributed by atoms with Crippen LogP contribution in [0, 0.1) is 10.1 Å². The van der Waals surface area contributed by atoms with E-state index in [1.807, 2.05) is 12.1 Å². The van der Waals surface area contributed by atoms with Gasteiger partial charge in [0.2, 0.25) is 0 Å². The quantitative estimate of drug-likeness (QED) is 0.657. The minimum absolute atomic E-state index is 0.0748. The van der Waals surface area contributed by atoms with E-state index in [1.54, 1.807) is 12.3 Å². The maximum atomic E-state index is 10.6. The molecule has 2 aromatic rings. The van der Waals surface area contributed by atoms with Crippen LogP contribution in [-0.2, 0) is 13.2 Å². The topological polar surface area (TPSA) is 85.5 Å². The van der Waals surface area contributed by atoms with Gasteiger partial charge in [-0.25, -0.2) is 0 Å². The summed E-state index contributed by atoms with van der Waals surface area (Å²) >= 11 is 0. The SMILES string of the molecule is O=[N+]([O-])c1ccc(OCc2ccccn2)c(CO)c1. The number of hydrogen-bond donors (Lipinski definition) is 1. The molecule has 1 N–H and O–H groups in total. The molecule has 98 valence electrons. The molecule has 0 aliphatic heterocycles. The highest BCUT2D eigenvalue weighted by molar-refractivity contribution is 5.43. The Hall–Kier alpha value is -2.47. The number of rotatable bonds is 5. The molecule has 0 saturated heterocycles. The Morgan fingerprint density at radius 1 is 1.32 bits per heavy atom. The first-order valence-electron chi connectivity index (χ1n) is 5.61. The minimum atomic E-state index is -0.512. The summed E-state index contributed by atoms with van der Waals surface area (Å²) in [6, 6.07) is 9.57. The van der Waals surface area contributed by atoms with Crippen LogP contribution in [0.1, 0.15) is 11.3 Å². The van der Waals surface area contributed by atoms with E-state index >= 15 is 0 Å². The molecule has 19 heavy (non-hydrogen) atoms. The molecule has 6 heteroatoms. The summed E-state index contributed by atoms with van der Waals surface area (Å²) in [6.45, 7) is -0.0785. The fraction of sp³-hybridized carbons (Fsp3) is 0.154. The van der Waals surface area contributed by atoms with Gasteiger partial charge in [-0.2, -0.15) is 0 Å². The van der Waals surface area contributed by atoms with Gasteiger partial charge in [0.05, 0.1) is 17.2 Å². The van der Waals surface area contributed by atoms with Crippen LogP contribution in [0.15, 0.2) is 42.6 Å². The Morgan fingerprint density at radius 3 is 2.79 bits per heavy atom. The van der Waals surface area contributed by atoms with E-state index in [4.69, 9.17) is 4.74 Å². The average Bonchev–Trinajstić information content (AvgIpc) is 2.45. The van der Waals surface area contributed by atoms with Crippen molar-refractivity contribution in [1.29, 1.82) is 0 Å². The number of hydrogen-bond acceptors (Lipinski definition) is 5. The zero-order valence-electron chi connectivity index (χ0n) is 10.0. The molecule has 0 atom stereocenters. The molecule has 0 aliphatic rings. The third-order valence-corrected chi connectivity index (χ3v) is 2.53. The summed E-state index contributed by atoms with van der Waals surface area (Å²) in [5, 5.41) is 19.8. The number of aliphatic hydroxyl groups excluding tert-OH is 1. The first-order valence-corrected chi connectivity index (χ1v) is 5.61. The second-order valence-corrected chi connectivity index (χ2v) is 3.82. The summed E-state index contributed by atoms with van der Waals surface area (Å²) in [5.74, 6) is 0.416. The molecule has 0 fully saturated rings. The van der Waals surface area contributed by atoms with E-state index in [0.29, 0.717) is 11.3 Å². The van der Waals surface area contributed by atoms with E-state index in [2.05, 4.69) is 4.98 Å². The van der Waals surface area contributed by atoms with Crippen molar-refractivity contribution in [2.45, 2.75) is 13.2 Å². The maximum Gasteiger partial charge on any atom is 0.270 e. The van der Waals surface area contributed by atoms with Crippen molar-refractivity contribution in [1.82, 2.24) is 4.98 Å². The predicted molar refractivity (Wildman–Crippen MR) is 67.6 cm³/mol. The number of aliphatic hydroxyl groups is 1. The van der Waals surface area contributed by atoms with Gasteiger partial charge >= 0.3 is 0 Å². The van der Waals surface area contributed by atoms with Gasteiger partial charge in [-0.3, -0.25) is 15.1 Å². The van der Waals surface area contributed by atoms with E-state index in [9.17, 15) is 15.2 Å². The van der Waals surface area contributed by atoms with Gasteiger partial charge in [0.25, 0.3) is 5.69 Å². The standard InChI is InChI=1S/C13H12N2O4/c16-8-10-7-12(15(17)18)4-5-13(10)19-9-11-3-1-2-6-14-11/h1-7,16H,8-9H2. The number of pyridine rings is 1. The van der Waals surface area contributed by atoms with Gasteiger partial charge in [-0.15, -0.1) is 0 Å². The fourth-order valence-electron chi connectivity index (χ4n) is 1.58. The van der Waals surface area contributed by atoms with Crippen molar-refractivity contribution < 1.29 is 14.8 Å². The molecule has 1 aromatic carbocycles. The van der Waals surface area contributed by atoms with Gasteiger partial charge < -0.3 is 9.84 Å². The van der Waals surface area contributed by atoms with Crippen LogP contribution in [0.3, 0.4) is 0 Å². The molecule has 0 saturated carbocycles. The number of nitro benzene ring substituents is 1. The summed E-state index contributed by atoms with van der Waals surface area (Å²) in [4.78, 5) is 14.2. The maximum absolute atomic E-state index is 10.6. The lowest BCUT2D eigenvalue weighted by Crippen LogP contribution is -2.01. The first kappa shape index (κ1) is 13.0. The van der Waals surface area contributed by atoms with Crippen LogP contribution in [0.25, 0.3) is 0 Å². The summed E-state index contributed by atoms with van der Waals surface area (Å²) < 4.78 is 5.50. The second kappa shape index (κ2) is 5.92. The lowest BCUT2D eigenvalue weighted by Gasteiger charge is -2.09. The van der Waals surface area contributed by atoms with Crippen molar-refractivity contribution >= 4 is 5.69 Å². The highest BCUT2D eigenvalue weighted by atomic mass is 16.6. The molecular weight excluding hydrogens is 248 g/mol. The van der Waals surface area contributed by atoms with E-state index in [1.165, 1.54) is 18.2 Å². The molecule has 0 bridgehead atoms. The summed E-state index contributed by atoms with van der Waals surface area (Å²) in [7, 11) is 0. The number of ether oxygens (including phenoxy) is 1. The van der Waals surface area contributed by atoms with Gasteiger partial charge in [-0.05, 0) is 18.2 Å². The van der Waals surface area contributed by atoms with Crippen LogP contribution < -0.4 is 4.74 Å². The van der Waals surface area contributed by atoms with Crippen LogP contribution in [0.2, 0.25) is 0 Å². The zero-order valence-corrected chi connectivity index (χ0v) is 10.0. The first-order chi connectivity index (χ1) is 9.20. The monoisotopic (exact) mass is 260 g/mol. The molecule has 1 heterocycles. The molecule has 6 nitrogen and oxygen atoms in total. The smallest absolute Gasteiger partial charge is 0.270 e. The number of non-ortho nitro benzene ring substituents is 1. The van der Waals surface area contributed by atoms with E-state index < -0.39 is 4.92 Å². The van der Waals surface area contributed by atoms with Gasteiger partial charge in [-0.1, -0.05) is 6.07 Å². The molecular formula is C13H12N2O4. The Morgan fingerprint density at radius 2 is 2.16 bits per heavy atom. The Bertz CT molecular complexity index is 572. The number of aromatic nitrogens is 1. The normalized spacial score (nSPS) is 10.2. The van der Waals surface area contributed by atoms with Crippen LogP contribution >= 0.6 is 0 Å². The van der Waals surface area contributed by atoms with Crippen molar-refractivity contribution in [2.24, 2.45) is 0 Å². The molecule has 0 aliphatic carbocycles. The highest BCUT2D eigenvalue weighted by Crippen LogP contribution is 2.24. The van der Waals surface area contributed by atoms with E-state index in [-0.39, 0.29) is 18.9 Å². The van der Waals surface area contributed by atoms with Crippen molar-refractivity contribution in [2.75, 3.05) is 0 Å². The minimum Gasteiger partial charge on any atom is -0.487 e. The second-order valence-electron chi connectivity index (χ2n) is 3.82. The number of nitrogens with zero attached hydrogens (tertiary/aromatic N) is 2. The predicted octanol–water partition coefficient (Wildman–Crippen LogP) is 2.06. The van der Waals surface area contributed by atoms with Crippen molar-refractivity contribution in [3.05, 3.63) is 64.0 Å². The number of nitro groups is 1.